The standard InChI is InChI=1S/C9H14O2/c1-3-4-5-6-7-8-9(10)11-2/h3,6-8H2,1-2H3. The van der Waals surface area contributed by atoms with E-state index >= 15 is 0 Å². The van der Waals surface area contributed by atoms with E-state index < -0.39 is 0 Å². The molecule has 0 heterocycles. The Morgan fingerprint density at radius 2 is 2.18 bits per heavy atom. The number of hydrogen-bond acceptors (Lipinski definition) is 2. The van der Waals surface area contributed by atoms with E-state index in [9.17, 15) is 4.79 Å². The van der Waals surface area contributed by atoms with Gasteiger partial charge in [0.2, 0.25) is 0 Å². The van der Waals surface area contributed by atoms with Gasteiger partial charge in [-0.2, -0.15) is 0 Å². The summed E-state index contributed by atoms with van der Waals surface area (Å²) in [6, 6.07) is 0. The first-order valence-corrected chi connectivity index (χ1v) is 3.83. The Morgan fingerprint density at radius 1 is 1.45 bits per heavy atom. The van der Waals surface area contributed by atoms with Gasteiger partial charge in [-0.15, -0.1) is 11.8 Å². The van der Waals surface area contributed by atoms with E-state index in [1.165, 1.54) is 7.11 Å². The summed E-state index contributed by atoms with van der Waals surface area (Å²) in [5.41, 5.74) is 0. The number of carbonyl (C=O) groups is 1. The van der Waals surface area contributed by atoms with Crippen molar-refractivity contribution < 1.29 is 9.53 Å². The van der Waals surface area contributed by atoms with E-state index in [-0.39, 0.29) is 5.97 Å². The Bertz CT molecular complexity index is 162. The molecule has 0 radical (unpaired) electrons. The zero-order valence-electron chi connectivity index (χ0n) is 7.14. The highest BCUT2D eigenvalue weighted by atomic mass is 16.5. The van der Waals surface area contributed by atoms with E-state index in [0.717, 1.165) is 19.3 Å². The van der Waals surface area contributed by atoms with Crippen molar-refractivity contribution in [1.29, 1.82) is 0 Å². The number of unbranched alkanes of at least 4 members (excludes halogenated alkanes) is 1. The summed E-state index contributed by atoms with van der Waals surface area (Å²) in [7, 11) is 1.40. The average molecular weight is 154 g/mol. The van der Waals surface area contributed by atoms with Gasteiger partial charge in [-0.1, -0.05) is 6.92 Å². The molecule has 62 valence electrons. The molecule has 0 saturated carbocycles. The fourth-order valence-corrected chi connectivity index (χ4v) is 0.637. The average Bonchev–Trinajstić information content (AvgIpc) is 2.04. The fourth-order valence-electron chi connectivity index (χ4n) is 0.637. The van der Waals surface area contributed by atoms with Crippen LogP contribution < -0.4 is 0 Å². The van der Waals surface area contributed by atoms with E-state index in [0.29, 0.717) is 6.42 Å². The summed E-state index contributed by atoms with van der Waals surface area (Å²) >= 11 is 0. The minimum Gasteiger partial charge on any atom is -0.469 e. The van der Waals surface area contributed by atoms with Crippen LogP contribution in [0, 0.1) is 11.8 Å². The highest BCUT2D eigenvalue weighted by Crippen LogP contribution is 1.95. The minimum absolute atomic E-state index is 0.150. The number of hydrogen-bond donors (Lipinski definition) is 0. The molecule has 2 heteroatoms. The smallest absolute Gasteiger partial charge is 0.305 e. The van der Waals surface area contributed by atoms with Crippen molar-refractivity contribution in [2.75, 3.05) is 7.11 Å². The highest BCUT2D eigenvalue weighted by Gasteiger charge is 1.96. The molecular weight excluding hydrogens is 140 g/mol. The molecule has 0 fully saturated rings. The molecule has 0 atom stereocenters. The van der Waals surface area contributed by atoms with Crippen LogP contribution in [0.15, 0.2) is 0 Å². The summed E-state index contributed by atoms with van der Waals surface area (Å²) in [5, 5.41) is 0. The maximum atomic E-state index is 10.6. The van der Waals surface area contributed by atoms with Crippen molar-refractivity contribution in [2.45, 2.75) is 32.6 Å². The number of esters is 1. The molecule has 11 heavy (non-hydrogen) atoms. The Hall–Kier alpha value is -0.970. The van der Waals surface area contributed by atoms with Crippen LogP contribution in [0.2, 0.25) is 0 Å². The monoisotopic (exact) mass is 154 g/mol. The van der Waals surface area contributed by atoms with Gasteiger partial charge in [-0.3, -0.25) is 4.79 Å². The van der Waals surface area contributed by atoms with Gasteiger partial charge in [0, 0.05) is 19.3 Å². The number of rotatable bonds is 3. The van der Waals surface area contributed by atoms with Crippen LogP contribution in [0.4, 0.5) is 0 Å². The summed E-state index contributed by atoms with van der Waals surface area (Å²) in [4.78, 5) is 10.6. The molecule has 0 rings (SSSR count). The lowest BCUT2D eigenvalue weighted by atomic mass is 10.2. The molecule has 0 amide bonds. The van der Waals surface area contributed by atoms with Gasteiger partial charge < -0.3 is 4.74 Å². The molecule has 0 aliphatic carbocycles. The van der Waals surface area contributed by atoms with Gasteiger partial charge >= 0.3 is 5.97 Å². The SMILES string of the molecule is CCC#CCCCC(=O)OC. The third-order valence-electron chi connectivity index (χ3n) is 1.21. The zero-order valence-corrected chi connectivity index (χ0v) is 7.14. The molecule has 0 N–H and O–H groups in total. The van der Waals surface area contributed by atoms with Crippen LogP contribution in [-0.4, -0.2) is 13.1 Å². The zero-order chi connectivity index (χ0) is 8.53. The van der Waals surface area contributed by atoms with E-state index in [2.05, 4.69) is 16.6 Å². The van der Waals surface area contributed by atoms with Crippen LogP contribution in [0.3, 0.4) is 0 Å². The van der Waals surface area contributed by atoms with Gasteiger partial charge in [-0.05, 0) is 6.42 Å². The molecule has 0 aromatic carbocycles. The van der Waals surface area contributed by atoms with Crippen molar-refractivity contribution >= 4 is 5.97 Å². The quantitative estimate of drug-likeness (QED) is 0.351. The first-order chi connectivity index (χ1) is 5.31. The molecule has 0 aliphatic heterocycles. The second-order valence-corrected chi connectivity index (χ2v) is 2.14. The van der Waals surface area contributed by atoms with Gasteiger partial charge in [0.1, 0.15) is 0 Å². The minimum atomic E-state index is -0.150. The van der Waals surface area contributed by atoms with Gasteiger partial charge in [-0.25, -0.2) is 0 Å². The largest absolute Gasteiger partial charge is 0.469 e. The molecular formula is C9H14O2. The third kappa shape index (κ3) is 6.92. The highest BCUT2D eigenvalue weighted by molar-refractivity contribution is 5.69. The summed E-state index contributed by atoms with van der Waals surface area (Å²) < 4.78 is 4.47. The predicted octanol–water partition coefficient (Wildman–Crippen LogP) is 1.74. The molecule has 0 aromatic rings. The topological polar surface area (TPSA) is 26.3 Å². The van der Waals surface area contributed by atoms with E-state index in [4.69, 9.17) is 0 Å². The number of methoxy groups -OCH3 is 1. The Balaban J connectivity index is 3.21. The van der Waals surface area contributed by atoms with Gasteiger partial charge in [0.05, 0.1) is 7.11 Å². The summed E-state index contributed by atoms with van der Waals surface area (Å²) in [5.74, 6) is 5.74. The maximum absolute atomic E-state index is 10.6. The van der Waals surface area contributed by atoms with Crippen molar-refractivity contribution in [3.63, 3.8) is 0 Å². The molecule has 0 bridgehead atoms. The van der Waals surface area contributed by atoms with E-state index in [1.807, 2.05) is 6.92 Å². The molecule has 0 saturated heterocycles. The third-order valence-corrected chi connectivity index (χ3v) is 1.21. The van der Waals surface area contributed by atoms with Gasteiger partial charge in [0.25, 0.3) is 0 Å². The van der Waals surface area contributed by atoms with E-state index in [1.54, 1.807) is 0 Å². The lowest BCUT2D eigenvalue weighted by Crippen LogP contribution is -1.98. The Labute approximate surface area is 67.9 Å². The van der Waals surface area contributed by atoms with Crippen molar-refractivity contribution in [1.82, 2.24) is 0 Å². The van der Waals surface area contributed by atoms with Crippen LogP contribution in [0.25, 0.3) is 0 Å². The molecule has 0 unspecified atom stereocenters. The predicted molar refractivity (Wildman–Crippen MR) is 43.9 cm³/mol. The van der Waals surface area contributed by atoms with Crippen molar-refractivity contribution in [3.05, 3.63) is 0 Å². The van der Waals surface area contributed by atoms with Crippen molar-refractivity contribution in [2.24, 2.45) is 0 Å². The Kier molecular flexibility index (Phi) is 6.51. The molecule has 0 spiro atoms. The number of ether oxygens (including phenoxy) is 1. The summed E-state index contributed by atoms with van der Waals surface area (Å²) in [6.07, 6.45) is 2.97. The molecule has 2 nitrogen and oxygen atoms in total. The second kappa shape index (κ2) is 7.14. The first-order valence-electron chi connectivity index (χ1n) is 3.83. The van der Waals surface area contributed by atoms with Crippen LogP contribution in [0.1, 0.15) is 32.6 Å². The normalized spacial score (nSPS) is 8.18. The maximum Gasteiger partial charge on any atom is 0.305 e. The lowest BCUT2D eigenvalue weighted by Gasteiger charge is -1.93. The molecule has 0 aliphatic rings. The van der Waals surface area contributed by atoms with Crippen LogP contribution >= 0.6 is 0 Å². The van der Waals surface area contributed by atoms with Crippen molar-refractivity contribution in [3.8, 4) is 11.8 Å². The number of carbonyl (C=O) groups excluding carboxylic acids is 1. The first kappa shape index (κ1) is 10.0. The fraction of sp³-hybridized carbons (Fsp3) is 0.667. The Morgan fingerprint density at radius 3 is 2.73 bits per heavy atom. The van der Waals surface area contributed by atoms with Gasteiger partial charge in [0.15, 0.2) is 0 Å². The second-order valence-electron chi connectivity index (χ2n) is 2.14. The van der Waals surface area contributed by atoms with Crippen LogP contribution in [0.5, 0.6) is 0 Å². The lowest BCUT2D eigenvalue weighted by molar-refractivity contribution is -0.140. The van der Waals surface area contributed by atoms with Crippen LogP contribution in [-0.2, 0) is 9.53 Å². The summed E-state index contributed by atoms with van der Waals surface area (Å²) in [6.45, 7) is 2.01. The molecule has 0 aromatic heterocycles.